The number of nitrogens with zero attached hydrogens (tertiary/aromatic N) is 2. The number of piperidine rings is 1. The molecule has 1 aromatic rings. The van der Waals surface area contributed by atoms with Crippen molar-refractivity contribution in [2.45, 2.75) is 63.9 Å². The Morgan fingerprint density at radius 3 is 2.43 bits per heavy atom. The van der Waals surface area contributed by atoms with Gasteiger partial charge < -0.3 is 24.4 Å². The lowest BCUT2D eigenvalue weighted by Crippen LogP contribution is -2.58. The van der Waals surface area contributed by atoms with Crippen molar-refractivity contribution in [1.29, 1.82) is 0 Å². The smallest absolute Gasteiger partial charge is 0.410 e. The Kier molecular flexibility index (Phi) is 6.13. The Labute approximate surface area is 166 Å². The first kappa shape index (κ1) is 20.5. The maximum Gasteiger partial charge on any atom is 0.410 e. The number of hydrogen-bond acceptors (Lipinski definition) is 4. The molecule has 3 rings (SSSR count). The van der Waals surface area contributed by atoms with Gasteiger partial charge in [-0.25, -0.2) is 9.59 Å². The van der Waals surface area contributed by atoms with E-state index in [1.165, 1.54) is 4.90 Å². The van der Waals surface area contributed by atoms with Crippen LogP contribution in [-0.2, 0) is 15.9 Å². The lowest BCUT2D eigenvalue weighted by Gasteiger charge is -2.44. The van der Waals surface area contributed by atoms with E-state index >= 15 is 0 Å². The number of carbonyl (C=O) groups is 2. The second-order valence-corrected chi connectivity index (χ2v) is 8.61. The van der Waals surface area contributed by atoms with Crippen LogP contribution in [-0.4, -0.2) is 70.6 Å². The summed E-state index contributed by atoms with van der Waals surface area (Å²) in [7, 11) is 0. The monoisotopic (exact) mass is 390 g/mol. The van der Waals surface area contributed by atoms with Crippen LogP contribution in [0.3, 0.4) is 0 Å². The number of ether oxygens (including phenoxy) is 2. The zero-order valence-corrected chi connectivity index (χ0v) is 16.8. The predicted octanol–water partition coefficient (Wildman–Crippen LogP) is 3.38. The van der Waals surface area contributed by atoms with Crippen molar-refractivity contribution < 1.29 is 24.2 Å². The van der Waals surface area contributed by atoms with Gasteiger partial charge in [0.25, 0.3) is 0 Å². The Morgan fingerprint density at radius 1 is 1.14 bits per heavy atom. The molecule has 2 amide bonds. The van der Waals surface area contributed by atoms with Crippen molar-refractivity contribution in [2.75, 3.05) is 19.6 Å². The fourth-order valence-corrected chi connectivity index (χ4v) is 3.74. The summed E-state index contributed by atoms with van der Waals surface area (Å²) in [6, 6.07) is 9.84. The molecule has 0 aliphatic carbocycles. The molecule has 1 aromatic carbocycles. The summed E-state index contributed by atoms with van der Waals surface area (Å²) in [5.41, 5.74) is 0.622. The zero-order chi connectivity index (χ0) is 20.3. The molecular weight excluding hydrogens is 360 g/mol. The quantitative estimate of drug-likeness (QED) is 0.853. The van der Waals surface area contributed by atoms with E-state index in [0.29, 0.717) is 38.9 Å². The maximum absolute atomic E-state index is 12.0. The highest BCUT2D eigenvalue weighted by atomic mass is 16.6. The fraction of sp³-hybridized carbons (Fsp3) is 0.619. The molecule has 0 radical (unpaired) electrons. The van der Waals surface area contributed by atoms with Gasteiger partial charge in [0.2, 0.25) is 0 Å². The number of hydrogen-bond donors (Lipinski definition) is 1. The molecule has 2 aliphatic rings. The van der Waals surface area contributed by atoms with Crippen molar-refractivity contribution in [3.63, 3.8) is 0 Å². The number of benzene rings is 1. The minimum Gasteiger partial charge on any atom is -0.465 e. The van der Waals surface area contributed by atoms with Crippen molar-refractivity contribution in [3.8, 4) is 0 Å². The Bertz CT molecular complexity index is 682. The van der Waals surface area contributed by atoms with E-state index in [0.717, 1.165) is 5.56 Å². The van der Waals surface area contributed by atoms with E-state index in [1.807, 2.05) is 51.1 Å². The van der Waals surface area contributed by atoms with Crippen LogP contribution in [0.5, 0.6) is 0 Å². The summed E-state index contributed by atoms with van der Waals surface area (Å²) in [6.45, 7) is 7.07. The average Bonchev–Trinajstić information content (AvgIpc) is 2.57. The SMILES string of the molecule is CC(C)(C)OC(=O)N1CC(OC2CCN(C(=O)O)C(Cc3ccccc3)C2)C1. The first-order valence-electron chi connectivity index (χ1n) is 9.88. The number of likely N-dealkylation sites (tertiary alicyclic amines) is 2. The fourth-order valence-electron chi connectivity index (χ4n) is 3.74. The molecule has 154 valence electrons. The van der Waals surface area contributed by atoms with Gasteiger partial charge in [-0.2, -0.15) is 0 Å². The highest BCUT2D eigenvalue weighted by molar-refractivity contribution is 5.69. The molecule has 28 heavy (non-hydrogen) atoms. The highest BCUT2D eigenvalue weighted by Crippen LogP contribution is 2.26. The topological polar surface area (TPSA) is 79.3 Å². The molecule has 0 aromatic heterocycles. The third-order valence-corrected chi connectivity index (χ3v) is 5.11. The Morgan fingerprint density at radius 2 is 1.82 bits per heavy atom. The van der Waals surface area contributed by atoms with Gasteiger partial charge in [-0.15, -0.1) is 0 Å². The largest absolute Gasteiger partial charge is 0.465 e. The van der Waals surface area contributed by atoms with Crippen LogP contribution >= 0.6 is 0 Å². The maximum atomic E-state index is 12.0. The van der Waals surface area contributed by atoms with Gasteiger partial charge >= 0.3 is 12.2 Å². The summed E-state index contributed by atoms with van der Waals surface area (Å²) in [4.78, 5) is 26.8. The van der Waals surface area contributed by atoms with Gasteiger partial charge in [0.05, 0.1) is 25.3 Å². The molecule has 2 unspecified atom stereocenters. The zero-order valence-electron chi connectivity index (χ0n) is 16.8. The number of rotatable bonds is 4. The van der Waals surface area contributed by atoms with Gasteiger partial charge in [0.1, 0.15) is 5.60 Å². The lowest BCUT2D eigenvalue weighted by atomic mass is 9.93. The van der Waals surface area contributed by atoms with Crippen LogP contribution in [0.25, 0.3) is 0 Å². The van der Waals surface area contributed by atoms with E-state index < -0.39 is 11.7 Å². The first-order chi connectivity index (χ1) is 13.2. The van der Waals surface area contributed by atoms with Gasteiger partial charge in [-0.05, 0) is 45.6 Å². The molecule has 0 spiro atoms. The van der Waals surface area contributed by atoms with Crippen molar-refractivity contribution in [3.05, 3.63) is 35.9 Å². The van der Waals surface area contributed by atoms with Crippen LogP contribution in [0.15, 0.2) is 30.3 Å². The van der Waals surface area contributed by atoms with Crippen LogP contribution in [0.1, 0.15) is 39.2 Å². The molecule has 2 fully saturated rings. The van der Waals surface area contributed by atoms with Crippen molar-refractivity contribution in [1.82, 2.24) is 9.80 Å². The third kappa shape index (κ3) is 5.38. The minimum absolute atomic E-state index is 0.00808. The van der Waals surface area contributed by atoms with Crippen molar-refractivity contribution >= 4 is 12.2 Å². The molecule has 1 N–H and O–H groups in total. The summed E-state index contributed by atoms with van der Waals surface area (Å²) in [5.74, 6) is 0. The Hall–Kier alpha value is -2.28. The van der Waals surface area contributed by atoms with E-state index in [2.05, 4.69) is 0 Å². The number of carboxylic acid groups (broad SMARTS) is 1. The lowest BCUT2D eigenvalue weighted by molar-refractivity contribution is -0.111. The van der Waals surface area contributed by atoms with E-state index in [1.54, 1.807) is 4.90 Å². The van der Waals surface area contributed by atoms with E-state index in [9.17, 15) is 14.7 Å². The molecule has 2 aliphatic heterocycles. The first-order valence-corrected chi connectivity index (χ1v) is 9.88. The molecule has 2 atom stereocenters. The molecule has 0 saturated carbocycles. The molecule has 7 heteroatoms. The normalized spacial score (nSPS) is 23.2. The average molecular weight is 390 g/mol. The van der Waals surface area contributed by atoms with Crippen LogP contribution in [0.2, 0.25) is 0 Å². The summed E-state index contributed by atoms with van der Waals surface area (Å²) >= 11 is 0. The van der Waals surface area contributed by atoms with Gasteiger partial charge in [-0.3, -0.25) is 0 Å². The molecule has 0 bridgehead atoms. The van der Waals surface area contributed by atoms with Crippen LogP contribution in [0.4, 0.5) is 9.59 Å². The number of amides is 2. The molecule has 2 heterocycles. The Balaban J connectivity index is 1.51. The minimum atomic E-state index is -0.876. The molecular formula is C21H30N2O5. The summed E-state index contributed by atoms with van der Waals surface area (Å²) in [6.07, 6.45) is 0.849. The van der Waals surface area contributed by atoms with E-state index in [4.69, 9.17) is 9.47 Å². The summed E-state index contributed by atoms with van der Waals surface area (Å²) in [5, 5.41) is 9.53. The van der Waals surface area contributed by atoms with E-state index in [-0.39, 0.29) is 24.3 Å². The highest BCUT2D eigenvalue weighted by Gasteiger charge is 2.38. The number of carbonyl (C=O) groups excluding carboxylic acids is 1. The van der Waals surface area contributed by atoms with Crippen molar-refractivity contribution in [2.24, 2.45) is 0 Å². The van der Waals surface area contributed by atoms with Gasteiger partial charge in [-0.1, -0.05) is 30.3 Å². The second-order valence-electron chi connectivity index (χ2n) is 8.61. The summed E-state index contributed by atoms with van der Waals surface area (Å²) < 4.78 is 11.5. The van der Waals surface area contributed by atoms with Gasteiger partial charge in [0.15, 0.2) is 0 Å². The third-order valence-electron chi connectivity index (χ3n) is 5.11. The van der Waals surface area contributed by atoms with Crippen LogP contribution < -0.4 is 0 Å². The van der Waals surface area contributed by atoms with Crippen LogP contribution in [0, 0.1) is 0 Å². The standard InChI is InChI=1S/C21H30N2O5/c1-21(2,3)28-20(26)22-13-18(14-22)27-17-9-10-23(19(24)25)16(12-17)11-15-7-5-4-6-8-15/h4-8,16-18H,9-14H2,1-3H3,(H,24,25). The van der Waals surface area contributed by atoms with Gasteiger partial charge in [0, 0.05) is 12.6 Å². The predicted molar refractivity (Wildman–Crippen MR) is 104 cm³/mol. The molecule has 2 saturated heterocycles. The molecule has 7 nitrogen and oxygen atoms in total. The second kappa shape index (κ2) is 8.39.